The van der Waals surface area contributed by atoms with E-state index in [4.69, 9.17) is 0 Å². The van der Waals surface area contributed by atoms with Gasteiger partial charge < -0.3 is 0 Å². The maximum Gasteiger partial charge on any atom is 0.116 e. The van der Waals surface area contributed by atoms with Gasteiger partial charge in [0.25, 0.3) is 0 Å². The molecule has 0 aliphatic carbocycles. The molecule has 0 fully saturated rings. The van der Waals surface area contributed by atoms with Crippen LogP contribution in [0.2, 0.25) is 0 Å². The third-order valence-corrected chi connectivity index (χ3v) is 2.76. The highest BCUT2D eigenvalue weighted by Gasteiger charge is 2.04. The van der Waals surface area contributed by atoms with Gasteiger partial charge in [0.15, 0.2) is 0 Å². The summed E-state index contributed by atoms with van der Waals surface area (Å²) in [7, 11) is 0. The number of halogens is 1. The van der Waals surface area contributed by atoms with Crippen molar-refractivity contribution in [2.45, 2.75) is 0 Å². The molecule has 1 aromatic heterocycles. The van der Waals surface area contributed by atoms with Gasteiger partial charge in [-0.3, -0.25) is 0 Å². The number of imidazole rings is 1. The smallest absolute Gasteiger partial charge is 0.116 e. The van der Waals surface area contributed by atoms with Gasteiger partial charge in [0.2, 0.25) is 0 Å². The molecule has 0 radical (unpaired) electrons. The van der Waals surface area contributed by atoms with Crippen molar-refractivity contribution >= 4 is 22.1 Å². The van der Waals surface area contributed by atoms with Gasteiger partial charge in [-0.2, -0.15) is 15.8 Å². The molecule has 0 bridgehead atoms. The largest absolute Gasteiger partial charge is 0.243 e. The topological polar surface area (TPSA) is 45.5 Å². The maximum absolute atomic E-state index is 4.26. The number of hydrogen-bond acceptors (Lipinski definition) is 4. The van der Waals surface area contributed by atoms with E-state index in [-0.39, 0.29) is 0 Å². The first-order valence-corrected chi connectivity index (χ1v) is 5.50. The molecule has 0 atom stereocenters. The summed E-state index contributed by atoms with van der Waals surface area (Å²) < 4.78 is 2.82. The van der Waals surface area contributed by atoms with Gasteiger partial charge in [-0.1, -0.05) is 22.0 Å². The van der Waals surface area contributed by atoms with Gasteiger partial charge in [-0.15, -0.1) is 0 Å². The van der Waals surface area contributed by atoms with Crippen LogP contribution in [0, 0.1) is 0 Å². The van der Waals surface area contributed by atoms with Crippen molar-refractivity contribution in [3.05, 3.63) is 52.0 Å². The van der Waals surface area contributed by atoms with E-state index in [9.17, 15) is 0 Å². The summed E-state index contributed by atoms with van der Waals surface area (Å²) in [5, 5.41) is 7.97. The van der Waals surface area contributed by atoms with Gasteiger partial charge in [0.05, 0.1) is 11.6 Å². The van der Waals surface area contributed by atoms with Crippen molar-refractivity contribution in [2.24, 2.45) is 5.10 Å². The first-order valence-electron chi connectivity index (χ1n) is 4.71. The van der Waals surface area contributed by atoms with Gasteiger partial charge in [0.1, 0.15) is 6.33 Å². The second-order valence-corrected chi connectivity index (χ2v) is 4.25. The maximum atomic E-state index is 4.26. The van der Waals surface area contributed by atoms with Crippen LogP contribution in [-0.2, 0) is 0 Å². The summed E-state index contributed by atoms with van der Waals surface area (Å²) in [6.45, 7) is 0. The van der Waals surface area contributed by atoms with Crippen LogP contribution < -0.4 is 21.2 Å². The summed E-state index contributed by atoms with van der Waals surface area (Å²) >= 11 is 3.41. The Kier molecular flexibility index (Phi) is 2.14. The Morgan fingerprint density at radius 3 is 3.06 bits per heavy atom. The fourth-order valence-corrected chi connectivity index (χ4v) is 1.84. The molecular weight excluding hydrogens is 270 g/mol. The minimum absolute atomic E-state index is 0.908. The van der Waals surface area contributed by atoms with Crippen molar-refractivity contribution in [2.75, 3.05) is 5.12 Å². The molecule has 0 amide bonds. The fourth-order valence-electron chi connectivity index (χ4n) is 1.49. The predicted octanol–water partition coefficient (Wildman–Crippen LogP) is 0.0746. The Hall–Kier alpha value is -1.82. The molecule has 1 aliphatic rings. The summed E-state index contributed by atoms with van der Waals surface area (Å²) in [4.78, 5) is 3.98. The number of rotatable bonds is 1. The number of benzene rings is 1. The Balaban J connectivity index is 2.10. The zero-order valence-electron chi connectivity index (χ0n) is 8.21. The Labute approximate surface area is 99.8 Å². The first kappa shape index (κ1) is 9.41. The van der Waals surface area contributed by atoms with Gasteiger partial charge in [-0.25, -0.2) is 9.66 Å². The van der Waals surface area contributed by atoms with Crippen LogP contribution in [-0.4, -0.2) is 9.66 Å². The lowest BCUT2D eigenvalue weighted by Gasteiger charge is -2.21. The fraction of sp³-hybridized carbons (Fsp3) is 0. The van der Waals surface area contributed by atoms with Crippen molar-refractivity contribution in [1.82, 2.24) is 15.2 Å². The third-order valence-electron chi connectivity index (χ3n) is 2.27. The zero-order chi connectivity index (χ0) is 11.0. The predicted molar refractivity (Wildman–Crippen MR) is 63.0 cm³/mol. The second-order valence-electron chi connectivity index (χ2n) is 3.33. The molecule has 1 aromatic carbocycles. The van der Waals surface area contributed by atoms with E-state index < -0.39 is 0 Å². The SMILES string of the molecule is Brc1ccc2c(c1)=NNN(n1ccnc1)C=2. The average Bonchev–Trinajstić information content (AvgIpc) is 2.82. The molecule has 2 heterocycles. The Morgan fingerprint density at radius 1 is 1.31 bits per heavy atom. The van der Waals surface area contributed by atoms with Crippen LogP contribution in [0.1, 0.15) is 0 Å². The van der Waals surface area contributed by atoms with Crippen LogP contribution >= 0.6 is 15.9 Å². The monoisotopic (exact) mass is 277 g/mol. The van der Waals surface area contributed by atoms with Crippen LogP contribution in [0.3, 0.4) is 0 Å². The summed E-state index contributed by atoms with van der Waals surface area (Å²) in [6.07, 6.45) is 7.20. The third kappa shape index (κ3) is 1.57. The minimum Gasteiger partial charge on any atom is -0.243 e. The number of nitrogens with zero attached hydrogens (tertiary/aromatic N) is 4. The molecule has 0 spiro atoms. The van der Waals surface area contributed by atoms with E-state index in [1.165, 1.54) is 0 Å². The molecule has 1 aliphatic heterocycles. The van der Waals surface area contributed by atoms with E-state index in [1.54, 1.807) is 22.3 Å². The van der Waals surface area contributed by atoms with Crippen molar-refractivity contribution in [1.29, 1.82) is 0 Å². The van der Waals surface area contributed by atoms with E-state index in [0.717, 1.165) is 15.0 Å². The minimum atomic E-state index is 0.908. The molecule has 0 saturated heterocycles. The molecule has 16 heavy (non-hydrogen) atoms. The highest BCUT2D eigenvalue weighted by atomic mass is 79.9. The Morgan fingerprint density at radius 2 is 2.25 bits per heavy atom. The van der Waals surface area contributed by atoms with Crippen LogP contribution in [0.4, 0.5) is 0 Å². The number of hydrogen-bond donors (Lipinski definition) is 1. The van der Waals surface area contributed by atoms with Crippen molar-refractivity contribution in [3.63, 3.8) is 0 Å². The van der Waals surface area contributed by atoms with Gasteiger partial charge in [0, 0.05) is 22.1 Å². The normalized spacial score (nSPS) is 13.4. The number of aromatic nitrogens is 2. The quantitative estimate of drug-likeness (QED) is 0.803. The van der Waals surface area contributed by atoms with Crippen LogP contribution in [0.25, 0.3) is 6.20 Å². The van der Waals surface area contributed by atoms with Crippen LogP contribution in [0.15, 0.2) is 46.5 Å². The van der Waals surface area contributed by atoms with Gasteiger partial charge >= 0.3 is 0 Å². The standard InChI is InChI=1S/C10H8BrN5/c11-9-2-1-8-6-16(14-13-10(8)5-9)15-4-3-12-7-15/h1-7,14H. The molecular formula is C10H8BrN5. The van der Waals surface area contributed by atoms with Gasteiger partial charge in [-0.05, 0) is 12.1 Å². The van der Waals surface area contributed by atoms with Crippen LogP contribution in [0.5, 0.6) is 0 Å². The molecule has 6 heteroatoms. The molecule has 0 saturated carbocycles. The van der Waals surface area contributed by atoms with Crippen molar-refractivity contribution in [3.8, 4) is 0 Å². The Bertz CT molecular complexity index is 619. The lowest BCUT2D eigenvalue weighted by Crippen LogP contribution is -2.47. The highest BCUT2D eigenvalue weighted by molar-refractivity contribution is 9.10. The number of fused-ring (bicyclic) bond motifs is 1. The molecule has 80 valence electrons. The number of hydrazine groups is 1. The molecule has 5 nitrogen and oxygen atoms in total. The highest BCUT2D eigenvalue weighted by Crippen LogP contribution is 2.02. The van der Waals surface area contributed by atoms with E-state index in [2.05, 4.69) is 31.6 Å². The zero-order valence-corrected chi connectivity index (χ0v) is 9.79. The second kappa shape index (κ2) is 3.64. The lowest BCUT2D eigenvalue weighted by atomic mass is 10.3. The average molecular weight is 278 g/mol. The molecule has 2 aromatic rings. The summed E-state index contributed by atoms with van der Waals surface area (Å²) in [6, 6.07) is 5.96. The summed E-state index contributed by atoms with van der Waals surface area (Å²) in [5.41, 5.74) is 2.91. The molecule has 1 N–H and O–H groups in total. The van der Waals surface area contributed by atoms with Crippen molar-refractivity contribution < 1.29 is 0 Å². The van der Waals surface area contributed by atoms with E-state index >= 15 is 0 Å². The summed E-state index contributed by atoms with van der Waals surface area (Å²) in [5.74, 6) is 0. The van der Waals surface area contributed by atoms with E-state index in [0.29, 0.717) is 0 Å². The van der Waals surface area contributed by atoms with E-state index in [1.807, 2.05) is 30.6 Å². The molecule has 3 rings (SSSR count). The first-order chi connectivity index (χ1) is 7.83. The lowest BCUT2D eigenvalue weighted by molar-refractivity contribution is 0.572. The molecule has 0 unspecified atom stereocenters. The number of nitrogens with one attached hydrogen (secondary N) is 1.